The molecule has 0 atom stereocenters. The number of halogens is 2. The third-order valence-corrected chi connectivity index (χ3v) is 2.00. The maximum Gasteiger partial charge on any atom is 0.129 e. The lowest BCUT2D eigenvalue weighted by Gasteiger charge is -2.05. The average molecular weight is 213 g/mol. The van der Waals surface area contributed by atoms with Crippen LogP contribution >= 0.6 is 0 Å². The van der Waals surface area contributed by atoms with Crippen molar-refractivity contribution in [1.29, 1.82) is 0 Å². The highest BCUT2D eigenvalue weighted by Crippen LogP contribution is 2.15. The van der Waals surface area contributed by atoms with Crippen molar-refractivity contribution in [3.63, 3.8) is 0 Å². The summed E-state index contributed by atoms with van der Waals surface area (Å²) in [6.07, 6.45) is 3.88. The molecule has 1 aromatic rings. The molecular weight excluding hydrogens is 198 g/mol. The highest BCUT2D eigenvalue weighted by Gasteiger charge is 2.00. The summed E-state index contributed by atoms with van der Waals surface area (Å²) in [6.45, 7) is 4.21. The van der Waals surface area contributed by atoms with Gasteiger partial charge in [-0.05, 0) is 6.42 Å². The van der Waals surface area contributed by atoms with E-state index in [1.165, 1.54) is 12.1 Å². The van der Waals surface area contributed by atoms with Crippen molar-refractivity contribution < 1.29 is 13.5 Å². The molecule has 0 aromatic heterocycles. The van der Waals surface area contributed by atoms with Crippen LogP contribution in [0.4, 0.5) is 8.78 Å². The molecule has 1 rings (SSSR count). The molecule has 0 bridgehead atoms. The van der Waals surface area contributed by atoms with E-state index in [1.54, 1.807) is 0 Å². The van der Waals surface area contributed by atoms with Gasteiger partial charge in [-0.1, -0.05) is 26.2 Å². The number of ether oxygens (including phenoxy) is 1. The minimum atomic E-state index is -0.609. The van der Waals surface area contributed by atoms with Gasteiger partial charge in [0.05, 0.1) is 6.61 Å². The Hall–Kier alpha value is -1.12. The molecule has 0 fully saturated rings. The summed E-state index contributed by atoms with van der Waals surface area (Å²) in [7, 11) is 0. The van der Waals surface area contributed by atoms with Crippen molar-refractivity contribution >= 4 is 0 Å². The van der Waals surface area contributed by atoms with Gasteiger partial charge < -0.3 is 4.74 Å². The first-order valence-electron chi connectivity index (χ1n) is 5.10. The first-order chi connectivity index (χ1) is 7.22. The van der Waals surface area contributed by atoms with Crippen LogP contribution in [-0.4, -0.2) is 6.61 Å². The summed E-state index contributed by atoms with van der Waals surface area (Å²) in [5.41, 5.74) is 0. The summed E-state index contributed by atoms with van der Waals surface area (Å²) in [5, 5.41) is 0. The SMILES string of the molecule is [CH2]CCCCCOc1cc(F)cc(F)c1. The fourth-order valence-corrected chi connectivity index (χ4v) is 1.26. The molecule has 1 nitrogen and oxygen atoms in total. The number of unbranched alkanes of at least 4 members (excludes halogenated alkanes) is 3. The Morgan fingerprint density at radius 2 is 1.67 bits per heavy atom. The summed E-state index contributed by atoms with van der Waals surface area (Å²) in [4.78, 5) is 0. The molecule has 15 heavy (non-hydrogen) atoms. The van der Waals surface area contributed by atoms with E-state index >= 15 is 0 Å². The Kier molecular flexibility index (Phi) is 5.08. The van der Waals surface area contributed by atoms with Crippen LogP contribution < -0.4 is 4.74 Å². The van der Waals surface area contributed by atoms with Crippen molar-refractivity contribution in [2.45, 2.75) is 25.7 Å². The molecule has 0 N–H and O–H groups in total. The van der Waals surface area contributed by atoms with E-state index in [0.29, 0.717) is 6.61 Å². The number of rotatable bonds is 6. The fraction of sp³-hybridized carbons (Fsp3) is 0.417. The van der Waals surface area contributed by atoms with Crippen LogP contribution in [0.5, 0.6) is 5.75 Å². The predicted molar refractivity (Wildman–Crippen MR) is 55.7 cm³/mol. The van der Waals surface area contributed by atoms with E-state index in [4.69, 9.17) is 4.74 Å². The van der Waals surface area contributed by atoms with Crippen LogP contribution in [0, 0.1) is 18.6 Å². The molecule has 3 heteroatoms. The van der Waals surface area contributed by atoms with E-state index in [9.17, 15) is 8.78 Å². The van der Waals surface area contributed by atoms with Gasteiger partial charge in [0.2, 0.25) is 0 Å². The Labute approximate surface area is 89.1 Å². The minimum Gasteiger partial charge on any atom is -0.493 e. The second-order valence-electron chi connectivity index (χ2n) is 3.37. The Bertz CT molecular complexity index is 279. The van der Waals surface area contributed by atoms with E-state index in [2.05, 4.69) is 6.92 Å². The standard InChI is InChI=1S/C12H15F2O/c1-2-3-4-5-6-15-12-8-10(13)7-11(14)9-12/h7-9H,1-6H2. The van der Waals surface area contributed by atoms with Gasteiger partial charge in [0.25, 0.3) is 0 Å². The lowest BCUT2D eigenvalue weighted by molar-refractivity contribution is 0.302. The van der Waals surface area contributed by atoms with Gasteiger partial charge in [0.1, 0.15) is 17.4 Å². The van der Waals surface area contributed by atoms with Crippen LogP contribution in [0.2, 0.25) is 0 Å². The third kappa shape index (κ3) is 4.77. The zero-order valence-corrected chi connectivity index (χ0v) is 8.64. The second-order valence-corrected chi connectivity index (χ2v) is 3.37. The van der Waals surface area contributed by atoms with Crippen LogP contribution in [0.25, 0.3) is 0 Å². The maximum atomic E-state index is 12.7. The molecule has 0 aliphatic heterocycles. The van der Waals surface area contributed by atoms with Crippen LogP contribution in [-0.2, 0) is 0 Å². The van der Waals surface area contributed by atoms with E-state index in [0.717, 1.165) is 31.7 Å². The van der Waals surface area contributed by atoms with Crippen molar-refractivity contribution in [2.24, 2.45) is 0 Å². The van der Waals surface area contributed by atoms with Gasteiger partial charge in [0.15, 0.2) is 0 Å². The molecule has 0 unspecified atom stereocenters. The average Bonchev–Trinajstić information content (AvgIpc) is 2.16. The summed E-state index contributed by atoms with van der Waals surface area (Å²) in [5.74, 6) is -0.965. The molecule has 0 amide bonds. The monoisotopic (exact) mass is 213 g/mol. The van der Waals surface area contributed by atoms with E-state index < -0.39 is 11.6 Å². The Morgan fingerprint density at radius 1 is 1.00 bits per heavy atom. The summed E-state index contributed by atoms with van der Waals surface area (Å²) >= 11 is 0. The lowest BCUT2D eigenvalue weighted by Crippen LogP contribution is -1.98. The van der Waals surface area contributed by atoms with E-state index in [1.807, 2.05) is 0 Å². The molecule has 0 heterocycles. The number of hydrogen-bond donors (Lipinski definition) is 0. The van der Waals surface area contributed by atoms with Crippen molar-refractivity contribution in [1.82, 2.24) is 0 Å². The van der Waals surface area contributed by atoms with Gasteiger partial charge in [-0.2, -0.15) is 0 Å². The van der Waals surface area contributed by atoms with Crippen LogP contribution in [0.15, 0.2) is 18.2 Å². The first-order valence-corrected chi connectivity index (χ1v) is 5.10. The Morgan fingerprint density at radius 3 is 2.27 bits per heavy atom. The number of hydrogen-bond acceptors (Lipinski definition) is 1. The zero-order chi connectivity index (χ0) is 11.1. The van der Waals surface area contributed by atoms with Crippen LogP contribution in [0.1, 0.15) is 25.7 Å². The minimum absolute atomic E-state index is 0.252. The largest absolute Gasteiger partial charge is 0.493 e. The third-order valence-electron chi connectivity index (χ3n) is 2.00. The second kappa shape index (κ2) is 6.38. The molecule has 0 aliphatic carbocycles. The lowest BCUT2D eigenvalue weighted by atomic mass is 10.2. The highest BCUT2D eigenvalue weighted by molar-refractivity contribution is 5.23. The van der Waals surface area contributed by atoms with Gasteiger partial charge >= 0.3 is 0 Å². The Balaban J connectivity index is 2.31. The highest BCUT2D eigenvalue weighted by atomic mass is 19.1. The molecule has 0 spiro atoms. The quantitative estimate of drug-likeness (QED) is 0.654. The molecule has 0 saturated carbocycles. The van der Waals surface area contributed by atoms with Gasteiger partial charge in [-0.25, -0.2) is 8.78 Å². The fourth-order valence-electron chi connectivity index (χ4n) is 1.26. The summed E-state index contributed by atoms with van der Waals surface area (Å²) < 4.78 is 30.7. The predicted octanol–water partition coefficient (Wildman–Crippen LogP) is 3.74. The molecule has 83 valence electrons. The van der Waals surface area contributed by atoms with Crippen molar-refractivity contribution in [3.05, 3.63) is 36.8 Å². The zero-order valence-electron chi connectivity index (χ0n) is 8.64. The normalized spacial score (nSPS) is 10.3. The molecule has 0 aliphatic rings. The first kappa shape index (κ1) is 12.0. The molecular formula is C12H15F2O. The molecule has 1 aromatic carbocycles. The molecule has 0 saturated heterocycles. The van der Waals surface area contributed by atoms with Crippen molar-refractivity contribution in [2.75, 3.05) is 6.61 Å². The summed E-state index contributed by atoms with van der Waals surface area (Å²) in [6, 6.07) is 3.20. The van der Waals surface area contributed by atoms with Crippen molar-refractivity contribution in [3.8, 4) is 5.75 Å². The maximum absolute atomic E-state index is 12.7. The van der Waals surface area contributed by atoms with Gasteiger partial charge in [-0.15, -0.1) is 0 Å². The topological polar surface area (TPSA) is 9.23 Å². The number of benzene rings is 1. The van der Waals surface area contributed by atoms with Gasteiger partial charge in [-0.3, -0.25) is 0 Å². The van der Waals surface area contributed by atoms with Gasteiger partial charge in [0, 0.05) is 18.2 Å². The molecule has 1 radical (unpaired) electrons. The van der Waals surface area contributed by atoms with E-state index in [-0.39, 0.29) is 5.75 Å². The van der Waals surface area contributed by atoms with Crippen LogP contribution in [0.3, 0.4) is 0 Å². The smallest absolute Gasteiger partial charge is 0.129 e.